The normalized spacial score (nSPS) is 23.1. The number of hydrogen-bond donors (Lipinski definition) is 2. The highest BCUT2D eigenvalue weighted by Gasteiger charge is 2.35. The molecule has 45 heavy (non-hydrogen) atoms. The van der Waals surface area contributed by atoms with Crippen LogP contribution in [0.25, 0.3) is 11.4 Å². The van der Waals surface area contributed by atoms with E-state index < -0.39 is 24.3 Å². The molecule has 0 spiro atoms. The zero-order valence-corrected chi connectivity index (χ0v) is 25.3. The number of alkyl halides is 1. The summed E-state index contributed by atoms with van der Waals surface area (Å²) in [6, 6.07) is 16.2. The number of amides is 1. The minimum atomic E-state index is -1.46. The fourth-order valence-corrected chi connectivity index (χ4v) is 6.00. The van der Waals surface area contributed by atoms with Crippen molar-refractivity contribution in [1.82, 2.24) is 24.8 Å². The minimum absolute atomic E-state index is 0.176. The van der Waals surface area contributed by atoms with E-state index in [0.717, 1.165) is 44.2 Å². The second kappa shape index (κ2) is 13.3. The van der Waals surface area contributed by atoms with Gasteiger partial charge in [0.25, 0.3) is 5.91 Å². The topological polar surface area (TPSA) is 140 Å². The number of piperidine rings is 1. The van der Waals surface area contributed by atoms with Gasteiger partial charge in [0.15, 0.2) is 12.0 Å². The number of carbonyl (C=O) groups is 1. The molecule has 13 heteroatoms. The number of nitriles is 1. The molecule has 3 aromatic rings. The molecule has 0 saturated carbocycles. The van der Waals surface area contributed by atoms with Gasteiger partial charge < -0.3 is 29.7 Å². The van der Waals surface area contributed by atoms with E-state index in [9.17, 15) is 19.6 Å². The number of nitrogens with zero attached hydrogens (tertiary/aromatic N) is 7. The van der Waals surface area contributed by atoms with Crippen molar-refractivity contribution in [3.63, 3.8) is 0 Å². The van der Waals surface area contributed by atoms with Crippen LogP contribution in [0, 0.1) is 11.3 Å². The molecule has 1 aromatic heterocycles. The number of ether oxygens (including phenoxy) is 2. The van der Waals surface area contributed by atoms with E-state index in [4.69, 9.17) is 9.47 Å². The number of anilines is 3. The Labute approximate surface area is 261 Å². The number of hydrogen-bond acceptors (Lipinski definition) is 11. The molecular weight excluding hydrogens is 579 g/mol. The Hall–Kier alpha value is -4.38. The molecule has 12 nitrogen and oxygen atoms in total. The largest absolute Gasteiger partial charge is 0.486 e. The Bertz CT molecular complexity index is 1550. The first-order valence-corrected chi connectivity index (χ1v) is 15.3. The smallest absolute Gasteiger partial charge is 0.251 e. The van der Waals surface area contributed by atoms with Crippen LogP contribution in [0.3, 0.4) is 0 Å². The van der Waals surface area contributed by atoms with Gasteiger partial charge in [-0.25, -0.2) is 14.4 Å². The fraction of sp³-hybridized carbons (Fsp3) is 0.469. The van der Waals surface area contributed by atoms with Gasteiger partial charge in [-0.2, -0.15) is 10.2 Å². The average Bonchev–Trinajstić information content (AvgIpc) is 3.01. The number of piperazine rings is 1. The molecule has 3 saturated heterocycles. The van der Waals surface area contributed by atoms with Crippen LogP contribution in [0.5, 0.6) is 5.75 Å². The number of aromatic nitrogens is 3. The number of benzene rings is 2. The SMILES string of the molecule is CC(O)C(=O)N1CC[C@H](Oc2ccc(-c3ncnc(Nc4ccc(N5CCN(C6COC6)C[C@@H]5C)cc4)n3)cc2C#N)[C@H](F)C1. The summed E-state index contributed by atoms with van der Waals surface area (Å²) < 4.78 is 26.1. The zero-order chi connectivity index (χ0) is 31.5. The summed E-state index contributed by atoms with van der Waals surface area (Å²) >= 11 is 0. The van der Waals surface area contributed by atoms with Gasteiger partial charge in [-0.15, -0.1) is 0 Å². The number of rotatable bonds is 8. The minimum Gasteiger partial charge on any atom is -0.486 e. The van der Waals surface area contributed by atoms with Gasteiger partial charge in [0, 0.05) is 55.6 Å². The maximum Gasteiger partial charge on any atom is 0.251 e. The summed E-state index contributed by atoms with van der Waals surface area (Å²) in [6.07, 6.45) is -1.83. The third-order valence-corrected chi connectivity index (χ3v) is 8.61. The number of halogens is 1. The van der Waals surface area contributed by atoms with Gasteiger partial charge in [-0.05, 0) is 56.3 Å². The molecule has 3 aliphatic heterocycles. The lowest BCUT2D eigenvalue weighted by molar-refractivity contribution is -0.143. The highest BCUT2D eigenvalue weighted by Crippen LogP contribution is 2.29. The quantitative estimate of drug-likeness (QED) is 0.386. The molecule has 1 amide bonds. The van der Waals surface area contributed by atoms with E-state index in [1.165, 1.54) is 18.2 Å². The first kappa shape index (κ1) is 30.6. The van der Waals surface area contributed by atoms with Crippen molar-refractivity contribution >= 4 is 23.2 Å². The molecule has 2 N–H and O–H groups in total. The van der Waals surface area contributed by atoms with Crippen LogP contribution in [-0.2, 0) is 9.53 Å². The Morgan fingerprint density at radius 1 is 1.16 bits per heavy atom. The second-order valence-corrected chi connectivity index (χ2v) is 11.8. The van der Waals surface area contributed by atoms with Crippen molar-refractivity contribution in [3.8, 4) is 23.2 Å². The molecule has 4 atom stereocenters. The van der Waals surface area contributed by atoms with Crippen LogP contribution >= 0.6 is 0 Å². The van der Waals surface area contributed by atoms with Crippen molar-refractivity contribution in [2.75, 3.05) is 56.2 Å². The third-order valence-electron chi connectivity index (χ3n) is 8.61. The molecule has 1 unspecified atom stereocenters. The van der Waals surface area contributed by atoms with Gasteiger partial charge >= 0.3 is 0 Å². The summed E-state index contributed by atoms with van der Waals surface area (Å²) in [6.45, 7) is 8.37. The van der Waals surface area contributed by atoms with E-state index in [2.05, 4.69) is 55.2 Å². The van der Waals surface area contributed by atoms with Crippen LogP contribution < -0.4 is 15.0 Å². The molecule has 3 aliphatic rings. The maximum atomic E-state index is 14.9. The van der Waals surface area contributed by atoms with E-state index in [1.807, 2.05) is 12.1 Å². The predicted octanol–water partition coefficient (Wildman–Crippen LogP) is 2.76. The van der Waals surface area contributed by atoms with Gasteiger partial charge in [0.05, 0.1) is 31.4 Å². The summed E-state index contributed by atoms with van der Waals surface area (Å²) in [4.78, 5) is 31.4. The van der Waals surface area contributed by atoms with Crippen molar-refractivity contribution in [2.24, 2.45) is 0 Å². The number of likely N-dealkylation sites (tertiary alicyclic amines) is 1. The van der Waals surface area contributed by atoms with Gasteiger partial charge in [0.1, 0.15) is 30.4 Å². The van der Waals surface area contributed by atoms with E-state index in [-0.39, 0.29) is 30.8 Å². The van der Waals surface area contributed by atoms with Gasteiger partial charge in [0.2, 0.25) is 5.95 Å². The third kappa shape index (κ3) is 6.83. The average molecular weight is 617 g/mol. The number of aliphatic hydroxyl groups excluding tert-OH is 1. The van der Waals surface area contributed by atoms with E-state index >= 15 is 0 Å². The molecular formula is C32H37FN8O4. The molecule has 0 aliphatic carbocycles. The van der Waals surface area contributed by atoms with Crippen molar-refractivity contribution in [3.05, 3.63) is 54.4 Å². The number of carbonyl (C=O) groups excluding carboxylic acids is 1. The van der Waals surface area contributed by atoms with Crippen molar-refractivity contribution in [1.29, 1.82) is 5.26 Å². The highest BCUT2D eigenvalue weighted by atomic mass is 19.1. The Morgan fingerprint density at radius 3 is 2.62 bits per heavy atom. The number of nitrogens with one attached hydrogen (secondary N) is 1. The lowest BCUT2D eigenvalue weighted by atomic mass is 10.0. The van der Waals surface area contributed by atoms with Crippen LogP contribution in [-0.4, -0.2) is 112 Å². The predicted molar refractivity (Wildman–Crippen MR) is 165 cm³/mol. The van der Waals surface area contributed by atoms with Crippen LogP contribution in [0.4, 0.5) is 21.7 Å². The number of aliphatic hydroxyl groups is 1. The van der Waals surface area contributed by atoms with Crippen LogP contribution in [0.1, 0.15) is 25.8 Å². The zero-order valence-electron chi connectivity index (χ0n) is 25.3. The van der Waals surface area contributed by atoms with Crippen molar-refractivity contribution in [2.45, 2.75) is 50.7 Å². The summed E-state index contributed by atoms with van der Waals surface area (Å²) in [5.41, 5.74) is 2.79. The van der Waals surface area contributed by atoms with Crippen molar-refractivity contribution < 1.29 is 23.8 Å². The first-order chi connectivity index (χ1) is 21.8. The monoisotopic (exact) mass is 616 g/mol. The standard InChI is InChI=1S/C32H37FN8O4/c1-20-15-39(26-17-44-18-26)11-12-41(20)25-6-4-24(5-7-25)37-32-36-19-35-30(38-32)22-3-8-28(23(13-22)14-34)45-29-9-10-40(16-27(29)33)31(43)21(2)42/h3-8,13,19-21,26-27,29,42H,9-12,15-18H2,1-2H3,(H,35,36,37,38)/t20-,21?,27+,29-/m0/s1. The summed E-state index contributed by atoms with van der Waals surface area (Å²) in [5, 5.41) is 22.6. The highest BCUT2D eigenvalue weighted by molar-refractivity contribution is 5.80. The molecule has 2 aromatic carbocycles. The van der Waals surface area contributed by atoms with Gasteiger partial charge in [-0.3, -0.25) is 9.69 Å². The van der Waals surface area contributed by atoms with E-state index in [1.54, 1.807) is 18.2 Å². The lowest BCUT2D eigenvalue weighted by Crippen LogP contribution is -2.59. The Balaban J connectivity index is 1.08. The summed E-state index contributed by atoms with van der Waals surface area (Å²) in [5.74, 6) is 0.448. The first-order valence-electron chi connectivity index (χ1n) is 15.3. The van der Waals surface area contributed by atoms with Crippen LogP contribution in [0.2, 0.25) is 0 Å². The second-order valence-electron chi connectivity index (χ2n) is 11.8. The molecule has 0 bridgehead atoms. The molecule has 236 valence electrons. The molecule has 6 rings (SSSR count). The molecule has 3 fully saturated rings. The molecule has 4 heterocycles. The maximum absolute atomic E-state index is 14.9. The Kier molecular flexibility index (Phi) is 9.07. The molecule has 0 radical (unpaired) electrons. The van der Waals surface area contributed by atoms with Gasteiger partial charge in [-0.1, -0.05) is 0 Å². The fourth-order valence-electron chi connectivity index (χ4n) is 6.00. The Morgan fingerprint density at radius 2 is 1.96 bits per heavy atom. The lowest BCUT2D eigenvalue weighted by Gasteiger charge is -2.46. The summed E-state index contributed by atoms with van der Waals surface area (Å²) in [7, 11) is 0. The van der Waals surface area contributed by atoms with Crippen LogP contribution in [0.15, 0.2) is 48.8 Å². The van der Waals surface area contributed by atoms with E-state index in [0.29, 0.717) is 29.4 Å².